The normalized spacial score (nSPS) is 19.1. The van der Waals surface area contributed by atoms with Gasteiger partial charge in [-0.15, -0.1) is 0 Å². The summed E-state index contributed by atoms with van der Waals surface area (Å²) in [6.07, 6.45) is 5.54. The molecule has 1 nitrogen and oxygen atoms in total. The molecule has 0 saturated carbocycles. The highest BCUT2D eigenvalue weighted by molar-refractivity contribution is 5.64. The molecule has 1 unspecified atom stereocenters. The van der Waals surface area contributed by atoms with Gasteiger partial charge in [0.25, 0.3) is 0 Å². The first-order valence-corrected chi connectivity index (χ1v) is 4.80. The number of hydrogen-bond acceptors (Lipinski definition) is 1. The minimum Gasteiger partial charge on any atom is -0.330 e. The Morgan fingerprint density at radius 3 is 3.00 bits per heavy atom. The minimum atomic E-state index is 0.557. The Hall–Kier alpha value is -1.08. The molecule has 0 bridgehead atoms. The second-order valence-electron chi connectivity index (χ2n) is 3.62. The molecule has 68 valence electrons. The van der Waals surface area contributed by atoms with Crippen molar-refractivity contribution in [2.24, 2.45) is 5.73 Å². The van der Waals surface area contributed by atoms with Gasteiger partial charge in [-0.3, -0.25) is 0 Å². The molecule has 2 N–H and O–H groups in total. The van der Waals surface area contributed by atoms with Crippen molar-refractivity contribution in [3.63, 3.8) is 0 Å². The second kappa shape index (κ2) is 3.35. The Labute approximate surface area is 79.3 Å². The number of rotatable bonds is 2. The van der Waals surface area contributed by atoms with Crippen LogP contribution in [0.5, 0.6) is 0 Å². The molecular weight excluding hydrogens is 158 g/mol. The first kappa shape index (κ1) is 8.52. The van der Waals surface area contributed by atoms with E-state index in [4.69, 9.17) is 5.73 Å². The molecule has 0 aromatic heterocycles. The molecule has 0 radical (unpaired) electrons. The Kier molecular flexibility index (Phi) is 2.19. The molecular formula is C12H15N. The van der Waals surface area contributed by atoms with E-state index in [0.29, 0.717) is 5.92 Å². The molecule has 0 spiro atoms. The molecule has 1 heteroatoms. The van der Waals surface area contributed by atoms with Crippen molar-refractivity contribution in [3.8, 4) is 0 Å². The molecule has 13 heavy (non-hydrogen) atoms. The molecule has 0 amide bonds. The SMILES string of the molecule is Cc1cccc2c1C(CCN)C=C2. The average Bonchev–Trinajstić information content (AvgIpc) is 2.51. The molecule has 2 rings (SSSR count). The van der Waals surface area contributed by atoms with Gasteiger partial charge in [0.1, 0.15) is 0 Å². The molecule has 0 aliphatic heterocycles. The van der Waals surface area contributed by atoms with E-state index in [2.05, 4.69) is 37.3 Å². The van der Waals surface area contributed by atoms with Crippen molar-refractivity contribution in [2.45, 2.75) is 19.3 Å². The molecule has 0 saturated heterocycles. The van der Waals surface area contributed by atoms with Crippen molar-refractivity contribution < 1.29 is 0 Å². The van der Waals surface area contributed by atoms with E-state index >= 15 is 0 Å². The zero-order chi connectivity index (χ0) is 9.26. The zero-order valence-corrected chi connectivity index (χ0v) is 7.96. The molecule has 1 aromatic carbocycles. The van der Waals surface area contributed by atoms with Gasteiger partial charge in [0.2, 0.25) is 0 Å². The van der Waals surface area contributed by atoms with Gasteiger partial charge in [0, 0.05) is 5.92 Å². The van der Waals surface area contributed by atoms with Crippen LogP contribution in [0.1, 0.15) is 29.0 Å². The monoisotopic (exact) mass is 173 g/mol. The van der Waals surface area contributed by atoms with Crippen LogP contribution >= 0.6 is 0 Å². The third-order valence-electron chi connectivity index (χ3n) is 2.71. The van der Waals surface area contributed by atoms with E-state index in [1.54, 1.807) is 0 Å². The van der Waals surface area contributed by atoms with Crippen LogP contribution in [0.25, 0.3) is 6.08 Å². The first-order chi connectivity index (χ1) is 6.33. The molecule has 0 heterocycles. The van der Waals surface area contributed by atoms with Gasteiger partial charge < -0.3 is 5.73 Å². The van der Waals surface area contributed by atoms with E-state index in [1.165, 1.54) is 16.7 Å². The Morgan fingerprint density at radius 2 is 2.23 bits per heavy atom. The Morgan fingerprint density at radius 1 is 1.38 bits per heavy atom. The fraction of sp³-hybridized carbons (Fsp3) is 0.333. The molecule has 1 aromatic rings. The largest absolute Gasteiger partial charge is 0.330 e. The maximum absolute atomic E-state index is 5.58. The van der Waals surface area contributed by atoms with Crippen LogP contribution in [0, 0.1) is 6.92 Å². The van der Waals surface area contributed by atoms with Crippen molar-refractivity contribution in [1.82, 2.24) is 0 Å². The lowest BCUT2D eigenvalue weighted by Gasteiger charge is -2.12. The van der Waals surface area contributed by atoms with Crippen LogP contribution in [-0.2, 0) is 0 Å². The number of allylic oxidation sites excluding steroid dienone is 1. The van der Waals surface area contributed by atoms with Crippen molar-refractivity contribution >= 4 is 6.08 Å². The van der Waals surface area contributed by atoms with Gasteiger partial charge in [0.15, 0.2) is 0 Å². The van der Waals surface area contributed by atoms with E-state index in [0.717, 1.165) is 13.0 Å². The van der Waals surface area contributed by atoms with Gasteiger partial charge in [0.05, 0.1) is 0 Å². The third kappa shape index (κ3) is 1.40. The maximum Gasteiger partial charge on any atom is 0.00418 e. The fourth-order valence-corrected chi connectivity index (χ4v) is 2.09. The summed E-state index contributed by atoms with van der Waals surface area (Å²) in [5.41, 5.74) is 9.82. The predicted octanol–water partition coefficient (Wildman–Crippen LogP) is 2.45. The standard InChI is InChI=1S/C12H15N/c1-9-3-2-4-10-5-6-11(7-8-13)12(9)10/h2-6,11H,7-8,13H2,1H3. The van der Waals surface area contributed by atoms with Crippen LogP contribution in [-0.4, -0.2) is 6.54 Å². The average molecular weight is 173 g/mol. The molecule has 1 aliphatic rings. The smallest absolute Gasteiger partial charge is 0.00418 e. The minimum absolute atomic E-state index is 0.557. The lowest BCUT2D eigenvalue weighted by atomic mass is 9.93. The summed E-state index contributed by atoms with van der Waals surface area (Å²) in [4.78, 5) is 0. The van der Waals surface area contributed by atoms with Gasteiger partial charge in [-0.25, -0.2) is 0 Å². The predicted molar refractivity (Wildman–Crippen MR) is 56.6 cm³/mol. The van der Waals surface area contributed by atoms with Crippen LogP contribution in [0.3, 0.4) is 0 Å². The Balaban J connectivity index is 2.39. The number of aryl methyl sites for hydroxylation is 1. The number of nitrogens with two attached hydrogens (primary N) is 1. The second-order valence-corrected chi connectivity index (χ2v) is 3.62. The highest BCUT2D eigenvalue weighted by Crippen LogP contribution is 2.34. The van der Waals surface area contributed by atoms with Gasteiger partial charge in [-0.05, 0) is 36.6 Å². The highest BCUT2D eigenvalue weighted by Gasteiger charge is 2.17. The van der Waals surface area contributed by atoms with Crippen LogP contribution < -0.4 is 5.73 Å². The summed E-state index contributed by atoms with van der Waals surface area (Å²) in [5, 5.41) is 0. The summed E-state index contributed by atoms with van der Waals surface area (Å²) >= 11 is 0. The fourth-order valence-electron chi connectivity index (χ4n) is 2.09. The summed E-state index contributed by atoms with van der Waals surface area (Å²) < 4.78 is 0. The van der Waals surface area contributed by atoms with Crippen LogP contribution in [0.4, 0.5) is 0 Å². The Bertz CT molecular complexity index is 339. The first-order valence-electron chi connectivity index (χ1n) is 4.80. The van der Waals surface area contributed by atoms with Crippen molar-refractivity contribution in [2.75, 3.05) is 6.54 Å². The van der Waals surface area contributed by atoms with Crippen molar-refractivity contribution in [1.29, 1.82) is 0 Å². The molecule has 1 aliphatic carbocycles. The highest BCUT2D eigenvalue weighted by atomic mass is 14.5. The van der Waals surface area contributed by atoms with E-state index in [-0.39, 0.29) is 0 Å². The van der Waals surface area contributed by atoms with Crippen molar-refractivity contribution in [3.05, 3.63) is 41.0 Å². The van der Waals surface area contributed by atoms with E-state index < -0.39 is 0 Å². The number of benzene rings is 1. The van der Waals surface area contributed by atoms with Gasteiger partial charge in [-0.1, -0.05) is 30.4 Å². The summed E-state index contributed by atoms with van der Waals surface area (Å²) in [5.74, 6) is 0.557. The van der Waals surface area contributed by atoms with E-state index in [1.807, 2.05) is 0 Å². The topological polar surface area (TPSA) is 26.0 Å². The van der Waals surface area contributed by atoms with Crippen LogP contribution in [0.2, 0.25) is 0 Å². The van der Waals surface area contributed by atoms with Gasteiger partial charge >= 0.3 is 0 Å². The van der Waals surface area contributed by atoms with Gasteiger partial charge in [-0.2, -0.15) is 0 Å². The summed E-state index contributed by atoms with van der Waals surface area (Å²) in [6.45, 7) is 2.94. The summed E-state index contributed by atoms with van der Waals surface area (Å²) in [6, 6.07) is 6.47. The third-order valence-corrected chi connectivity index (χ3v) is 2.71. The summed E-state index contributed by atoms with van der Waals surface area (Å²) in [7, 11) is 0. The van der Waals surface area contributed by atoms with Crippen LogP contribution in [0.15, 0.2) is 24.3 Å². The quantitative estimate of drug-likeness (QED) is 0.730. The lowest BCUT2D eigenvalue weighted by Crippen LogP contribution is -2.05. The molecule has 0 fully saturated rings. The lowest BCUT2D eigenvalue weighted by molar-refractivity contribution is 0.752. The number of fused-ring (bicyclic) bond motifs is 1. The van der Waals surface area contributed by atoms with E-state index in [9.17, 15) is 0 Å². The maximum atomic E-state index is 5.58. The zero-order valence-electron chi connectivity index (χ0n) is 7.96. The number of hydrogen-bond donors (Lipinski definition) is 1. The molecule has 1 atom stereocenters.